The number of nitrogens with zero attached hydrogens (tertiary/aromatic N) is 5. The smallest absolute Gasteiger partial charge is 0.258 e. The molecule has 0 aliphatic carbocycles. The number of anilines is 1. The van der Waals surface area contributed by atoms with E-state index in [1.54, 1.807) is 23.1 Å². The van der Waals surface area contributed by atoms with Crippen LogP contribution in [0.15, 0.2) is 24.5 Å². The molecule has 1 amide bonds. The lowest BCUT2D eigenvalue weighted by Gasteiger charge is -2.08. The van der Waals surface area contributed by atoms with Gasteiger partial charge in [0.15, 0.2) is 5.65 Å². The lowest BCUT2D eigenvalue weighted by atomic mass is 10.2. The molecule has 0 saturated heterocycles. The summed E-state index contributed by atoms with van der Waals surface area (Å²) >= 11 is 0. The number of unbranched alkanes of at least 4 members (excludes halogenated alkanes) is 1. The predicted octanol–water partition coefficient (Wildman–Crippen LogP) is 2.53. The van der Waals surface area contributed by atoms with E-state index in [0.717, 1.165) is 36.1 Å². The van der Waals surface area contributed by atoms with E-state index in [9.17, 15) is 4.79 Å². The van der Waals surface area contributed by atoms with E-state index < -0.39 is 0 Å². The summed E-state index contributed by atoms with van der Waals surface area (Å²) in [5.74, 6) is 0.507. The van der Waals surface area contributed by atoms with Gasteiger partial charge in [-0.2, -0.15) is 10.2 Å². The second-order valence-electron chi connectivity index (χ2n) is 5.55. The van der Waals surface area contributed by atoms with Crippen molar-refractivity contribution in [3.05, 3.63) is 35.8 Å². The molecular weight excluding hydrogens is 292 g/mol. The third kappa shape index (κ3) is 2.94. The molecular formula is C16H20N6O. The summed E-state index contributed by atoms with van der Waals surface area (Å²) in [5.41, 5.74) is 2.14. The van der Waals surface area contributed by atoms with Gasteiger partial charge in [0.25, 0.3) is 5.91 Å². The number of pyridine rings is 1. The van der Waals surface area contributed by atoms with E-state index in [1.165, 1.54) is 0 Å². The first-order valence-electron chi connectivity index (χ1n) is 7.72. The topological polar surface area (TPSA) is 77.6 Å². The summed E-state index contributed by atoms with van der Waals surface area (Å²) in [6, 6.07) is 3.63. The number of carbonyl (C=O) groups excluding carboxylic acids is 1. The Bertz CT molecular complexity index is 847. The molecule has 23 heavy (non-hydrogen) atoms. The fraction of sp³-hybridized carbons (Fsp3) is 0.375. The summed E-state index contributed by atoms with van der Waals surface area (Å²) in [7, 11) is 1.84. The Hall–Kier alpha value is -2.70. The number of aryl methyl sites for hydroxylation is 3. The minimum atomic E-state index is -0.194. The van der Waals surface area contributed by atoms with Crippen molar-refractivity contribution in [1.82, 2.24) is 24.5 Å². The number of hydrogen-bond donors (Lipinski definition) is 1. The standard InChI is InChI=1S/C16H20N6O/c1-4-5-8-22-14(6-7-18-22)19-16(23)12-9-13-11(2)20-21(3)15(13)17-10-12/h6-7,9-10H,4-5,8H2,1-3H3,(H,19,23). The molecule has 0 bridgehead atoms. The number of amides is 1. The number of carbonyl (C=O) groups is 1. The van der Waals surface area contributed by atoms with Gasteiger partial charge in [-0.05, 0) is 19.4 Å². The average molecular weight is 312 g/mol. The summed E-state index contributed by atoms with van der Waals surface area (Å²) in [5, 5.41) is 12.4. The highest BCUT2D eigenvalue weighted by Crippen LogP contribution is 2.17. The summed E-state index contributed by atoms with van der Waals surface area (Å²) in [4.78, 5) is 16.8. The van der Waals surface area contributed by atoms with E-state index in [1.807, 2.05) is 24.7 Å². The molecule has 0 aliphatic rings. The Morgan fingerprint density at radius 3 is 3.00 bits per heavy atom. The van der Waals surface area contributed by atoms with Crippen LogP contribution in [0.1, 0.15) is 35.8 Å². The van der Waals surface area contributed by atoms with Gasteiger partial charge in [0, 0.05) is 31.2 Å². The lowest BCUT2D eigenvalue weighted by Crippen LogP contribution is -2.16. The van der Waals surface area contributed by atoms with Crippen molar-refractivity contribution in [1.29, 1.82) is 0 Å². The van der Waals surface area contributed by atoms with Gasteiger partial charge in [0.1, 0.15) is 5.82 Å². The minimum absolute atomic E-state index is 0.194. The van der Waals surface area contributed by atoms with Crippen LogP contribution in [0.3, 0.4) is 0 Å². The molecule has 0 aliphatic heterocycles. The van der Waals surface area contributed by atoms with Crippen molar-refractivity contribution >= 4 is 22.8 Å². The van der Waals surface area contributed by atoms with Gasteiger partial charge in [0.05, 0.1) is 17.5 Å². The van der Waals surface area contributed by atoms with E-state index >= 15 is 0 Å². The Labute approximate surface area is 134 Å². The Morgan fingerprint density at radius 1 is 1.39 bits per heavy atom. The molecule has 7 nitrogen and oxygen atoms in total. The van der Waals surface area contributed by atoms with Crippen LogP contribution in [0.2, 0.25) is 0 Å². The summed E-state index contributed by atoms with van der Waals surface area (Å²) in [6.07, 6.45) is 5.37. The van der Waals surface area contributed by atoms with Gasteiger partial charge in [0.2, 0.25) is 0 Å². The SMILES string of the molecule is CCCCn1nccc1NC(=O)c1cnc2c(c1)c(C)nn2C. The van der Waals surface area contributed by atoms with E-state index in [2.05, 4.69) is 27.4 Å². The van der Waals surface area contributed by atoms with Crippen LogP contribution in [-0.4, -0.2) is 30.5 Å². The molecule has 120 valence electrons. The monoisotopic (exact) mass is 312 g/mol. The van der Waals surface area contributed by atoms with Crippen LogP contribution in [0.25, 0.3) is 11.0 Å². The van der Waals surface area contributed by atoms with Gasteiger partial charge in [-0.3, -0.25) is 9.48 Å². The van der Waals surface area contributed by atoms with Crippen molar-refractivity contribution in [2.24, 2.45) is 7.05 Å². The first-order valence-corrected chi connectivity index (χ1v) is 7.72. The largest absolute Gasteiger partial charge is 0.307 e. The van der Waals surface area contributed by atoms with Crippen LogP contribution < -0.4 is 5.32 Å². The highest BCUT2D eigenvalue weighted by Gasteiger charge is 2.13. The van der Waals surface area contributed by atoms with E-state index in [0.29, 0.717) is 11.4 Å². The first-order chi connectivity index (χ1) is 11.1. The van der Waals surface area contributed by atoms with E-state index in [4.69, 9.17) is 0 Å². The van der Waals surface area contributed by atoms with E-state index in [-0.39, 0.29) is 5.91 Å². The molecule has 0 saturated carbocycles. The fourth-order valence-electron chi connectivity index (χ4n) is 2.55. The van der Waals surface area contributed by atoms with Gasteiger partial charge in [-0.15, -0.1) is 0 Å². The van der Waals surface area contributed by atoms with Crippen molar-refractivity contribution < 1.29 is 4.79 Å². The van der Waals surface area contributed by atoms with Crippen LogP contribution in [0, 0.1) is 6.92 Å². The zero-order valence-electron chi connectivity index (χ0n) is 13.6. The maximum absolute atomic E-state index is 12.5. The molecule has 3 rings (SSSR count). The Balaban J connectivity index is 1.83. The number of hydrogen-bond acceptors (Lipinski definition) is 4. The second-order valence-corrected chi connectivity index (χ2v) is 5.55. The predicted molar refractivity (Wildman–Crippen MR) is 88.3 cm³/mol. The molecule has 0 fully saturated rings. The molecule has 0 atom stereocenters. The zero-order chi connectivity index (χ0) is 16.4. The number of nitrogens with one attached hydrogen (secondary N) is 1. The maximum Gasteiger partial charge on any atom is 0.258 e. The summed E-state index contributed by atoms with van der Waals surface area (Å²) < 4.78 is 3.52. The number of rotatable bonds is 5. The second kappa shape index (κ2) is 6.20. The fourth-order valence-corrected chi connectivity index (χ4v) is 2.55. The van der Waals surface area contributed by atoms with Gasteiger partial charge >= 0.3 is 0 Å². The van der Waals surface area contributed by atoms with Crippen LogP contribution in [0.5, 0.6) is 0 Å². The molecule has 1 N–H and O–H groups in total. The lowest BCUT2D eigenvalue weighted by molar-refractivity contribution is 0.102. The average Bonchev–Trinajstić information content (AvgIpc) is 3.10. The highest BCUT2D eigenvalue weighted by atomic mass is 16.1. The molecule has 0 unspecified atom stereocenters. The molecule has 0 spiro atoms. The Morgan fingerprint density at radius 2 is 2.22 bits per heavy atom. The van der Waals surface area contributed by atoms with Crippen LogP contribution in [-0.2, 0) is 13.6 Å². The van der Waals surface area contributed by atoms with Crippen LogP contribution in [0.4, 0.5) is 5.82 Å². The molecule has 3 aromatic heterocycles. The van der Waals surface area contributed by atoms with Crippen LogP contribution >= 0.6 is 0 Å². The van der Waals surface area contributed by atoms with Gasteiger partial charge in [-0.1, -0.05) is 13.3 Å². The molecule has 3 heterocycles. The third-order valence-corrected chi connectivity index (χ3v) is 3.81. The molecule has 3 aromatic rings. The maximum atomic E-state index is 12.5. The summed E-state index contributed by atoms with van der Waals surface area (Å²) in [6.45, 7) is 4.82. The van der Waals surface area contributed by atoms with Crippen molar-refractivity contribution in [3.63, 3.8) is 0 Å². The molecule has 0 radical (unpaired) electrons. The van der Waals surface area contributed by atoms with Crippen molar-refractivity contribution in [3.8, 4) is 0 Å². The minimum Gasteiger partial charge on any atom is -0.307 e. The zero-order valence-corrected chi connectivity index (χ0v) is 13.6. The number of fused-ring (bicyclic) bond motifs is 1. The third-order valence-electron chi connectivity index (χ3n) is 3.81. The highest BCUT2D eigenvalue weighted by molar-refractivity contribution is 6.05. The normalized spacial score (nSPS) is 11.1. The first kappa shape index (κ1) is 15.2. The van der Waals surface area contributed by atoms with Crippen molar-refractivity contribution in [2.45, 2.75) is 33.2 Å². The van der Waals surface area contributed by atoms with Gasteiger partial charge < -0.3 is 5.32 Å². The molecule has 0 aromatic carbocycles. The quantitative estimate of drug-likeness (QED) is 0.785. The number of aromatic nitrogens is 5. The van der Waals surface area contributed by atoms with Gasteiger partial charge in [-0.25, -0.2) is 9.67 Å². The van der Waals surface area contributed by atoms with Crippen molar-refractivity contribution in [2.75, 3.05) is 5.32 Å². The molecule has 7 heteroatoms. The Kier molecular flexibility index (Phi) is 4.10.